The van der Waals surface area contributed by atoms with E-state index in [9.17, 15) is 0 Å². The van der Waals surface area contributed by atoms with Crippen LogP contribution in [-0.2, 0) is 20.0 Å². The monoisotopic (exact) mass is 283 g/mol. The molecule has 0 aliphatic carbocycles. The number of nitrogens with one attached hydrogen (secondary N) is 1. The molecule has 2 heterocycles. The fraction of sp³-hybridized carbons (Fsp3) is 0.375. The molecule has 0 aliphatic heterocycles. The largest absolute Gasteiger partial charge is 0.335 e. The number of benzene rings is 1. The maximum atomic E-state index is 4.71. The maximum absolute atomic E-state index is 4.71. The van der Waals surface area contributed by atoms with E-state index in [0.29, 0.717) is 0 Å². The molecule has 110 valence electrons. The van der Waals surface area contributed by atoms with Gasteiger partial charge in [-0.2, -0.15) is 5.10 Å². The van der Waals surface area contributed by atoms with Gasteiger partial charge in [-0.15, -0.1) is 0 Å². The number of hydrogen-bond donors (Lipinski definition) is 1. The summed E-state index contributed by atoms with van der Waals surface area (Å²) >= 11 is 0. The summed E-state index contributed by atoms with van der Waals surface area (Å²) in [5, 5.41) is 9.30. The molecule has 0 aliphatic rings. The zero-order valence-corrected chi connectivity index (χ0v) is 12.7. The summed E-state index contributed by atoms with van der Waals surface area (Å²) in [5.41, 5.74) is 2.24. The summed E-state index contributed by atoms with van der Waals surface area (Å²) in [5.74, 6) is 1.09. The lowest BCUT2D eigenvalue weighted by molar-refractivity contribution is 0.535. The molecule has 1 atom stereocenters. The van der Waals surface area contributed by atoms with Gasteiger partial charge in [0.1, 0.15) is 5.82 Å². The molecule has 0 radical (unpaired) electrons. The number of para-hydroxylation sites is 1. The van der Waals surface area contributed by atoms with E-state index in [-0.39, 0.29) is 6.04 Å². The van der Waals surface area contributed by atoms with Crippen molar-refractivity contribution in [3.63, 3.8) is 0 Å². The van der Waals surface area contributed by atoms with Crippen LogP contribution in [0.3, 0.4) is 0 Å². The molecule has 2 aromatic heterocycles. The molecule has 3 aromatic rings. The van der Waals surface area contributed by atoms with Gasteiger partial charge in [0.25, 0.3) is 0 Å². The van der Waals surface area contributed by atoms with E-state index in [0.717, 1.165) is 30.0 Å². The Bertz CT molecular complexity index is 740. The number of fused-ring (bicyclic) bond motifs is 1. The first kappa shape index (κ1) is 13.8. The summed E-state index contributed by atoms with van der Waals surface area (Å²) in [6, 6.07) is 8.50. The van der Waals surface area contributed by atoms with E-state index < -0.39 is 0 Å². The Morgan fingerprint density at radius 2 is 2.10 bits per heavy atom. The van der Waals surface area contributed by atoms with E-state index >= 15 is 0 Å². The standard InChI is InChI=1S/C16H21N5/c1-4-21-10-9-18-15(21)11-13(17-2)16-12-7-5-6-8-14(12)20(3)19-16/h5-10,13,17H,4,11H2,1-3H3. The Labute approximate surface area is 124 Å². The first-order valence-corrected chi connectivity index (χ1v) is 7.33. The molecule has 0 amide bonds. The van der Waals surface area contributed by atoms with Gasteiger partial charge in [0.05, 0.1) is 17.3 Å². The molecule has 21 heavy (non-hydrogen) atoms. The summed E-state index contributed by atoms with van der Waals surface area (Å²) in [7, 11) is 3.97. The van der Waals surface area contributed by atoms with Crippen LogP contribution in [0.5, 0.6) is 0 Å². The van der Waals surface area contributed by atoms with Crippen molar-refractivity contribution in [3.8, 4) is 0 Å². The fourth-order valence-corrected chi connectivity index (χ4v) is 2.84. The third kappa shape index (κ3) is 2.45. The van der Waals surface area contributed by atoms with Crippen LogP contribution >= 0.6 is 0 Å². The van der Waals surface area contributed by atoms with Crippen molar-refractivity contribution < 1.29 is 0 Å². The van der Waals surface area contributed by atoms with Gasteiger partial charge in [-0.3, -0.25) is 4.68 Å². The zero-order chi connectivity index (χ0) is 14.8. The van der Waals surface area contributed by atoms with Crippen LogP contribution in [0.15, 0.2) is 36.7 Å². The molecule has 1 N–H and O–H groups in total. The highest BCUT2D eigenvalue weighted by Gasteiger charge is 2.19. The summed E-state index contributed by atoms with van der Waals surface area (Å²) < 4.78 is 4.12. The second kappa shape index (κ2) is 5.69. The summed E-state index contributed by atoms with van der Waals surface area (Å²) in [6.07, 6.45) is 4.72. The first-order valence-electron chi connectivity index (χ1n) is 7.33. The molecule has 0 saturated heterocycles. The van der Waals surface area contributed by atoms with Gasteiger partial charge in [0.2, 0.25) is 0 Å². The normalized spacial score (nSPS) is 12.9. The van der Waals surface area contributed by atoms with E-state index in [2.05, 4.69) is 40.0 Å². The quantitative estimate of drug-likeness (QED) is 0.781. The average molecular weight is 283 g/mol. The van der Waals surface area contributed by atoms with Crippen molar-refractivity contribution in [2.45, 2.75) is 25.9 Å². The topological polar surface area (TPSA) is 47.7 Å². The van der Waals surface area contributed by atoms with Gasteiger partial charge in [-0.05, 0) is 20.0 Å². The number of imidazole rings is 1. The minimum absolute atomic E-state index is 0.156. The smallest absolute Gasteiger partial charge is 0.110 e. The lowest BCUT2D eigenvalue weighted by atomic mass is 10.1. The van der Waals surface area contributed by atoms with Crippen LogP contribution in [0, 0.1) is 0 Å². The maximum Gasteiger partial charge on any atom is 0.110 e. The second-order valence-corrected chi connectivity index (χ2v) is 5.20. The van der Waals surface area contributed by atoms with Crippen LogP contribution in [0.4, 0.5) is 0 Å². The highest BCUT2D eigenvalue weighted by atomic mass is 15.3. The first-order chi connectivity index (χ1) is 10.2. The number of nitrogens with zero attached hydrogens (tertiary/aromatic N) is 4. The van der Waals surface area contributed by atoms with Crippen molar-refractivity contribution in [3.05, 3.63) is 48.2 Å². The summed E-state index contributed by atoms with van der Waals surface area (Å²) in [6.45, 7) is 3.07. The van der Waals surface area contributed by atoms with Crippen LogP contribution in [-0.4, -0.2) is 26.4 Å². The van der Waals surface area contributed by atoms with E-state index in [4.69, 9.17) is 5.10 Å². The van der Waals surface area contributed by atoms with Crippen LogP contribution in [0.2, 0.25) is 0 Å². The number of likely N-dealkylation sites (N-methyl/N-ethyl adjacent to an activating group) is 1. The van der Waals surface area contributed by atoms with Crippen molar-refractivity contribution in [2.75, 3.05) is 7.05 Å². The Balaban J connectivity index is 1.99. The summed E-state index contributed by atoms with van der Waals surface area (Å²) in [4.78, 5) is 4.48. The molecule has 3 rings (SSSR count). The minimum atomic E-state index is 0.156. The molecule has 0 fully saturated rings. The highest BCUT2D eigenvalue weighted by Crippen LogP contribution is 2.25. The Morgan fingerprint density at radius 3 is 2.86 bits per heavy atom. The molecule has 0 saturated carbocycles. The van der Waals surface area contributed by atoms with Gasteiger partial charge >= 0.3 is 0 Å². The van der Waals surface area contributed by atoms with E-state index in [1.165, 1.54) is 5.39 Å². The molecule has 1 aromatic carbocycles. The van der Waals surface area contributed by atoms with Gasteiger partial charge < -0.3 is 9.88 Å². The van der Waals surface area contributed by atoms with Crippen molar-refractivity contribution in [1.29, 1.82) is 0 Å². The third-order valence-corrected chi connectivity index (χ3v) is 3.99. The molecule has 1 unspecified atom stereocenters. The van der Waals surface area contributed by atoms with Gasteiger partial charge in [-0.1, -0.05) is 18.2 Å². The Kier molecular flexibility index (Phi) is 3.75. The van der Waals surface area contributed by atoms with E-state index in [1.54, 1.807) is 0 Å². The lowest BCUT2D eigenvalue weighted by Crippen LogP contribution is -2.21. The van der Waals surface area contributed by atoms with Crippen molar-refractivity contribution in [2.24, 2.45) is 7.05 Å². The van der Waals surface area contributed by atoms with Crippen molar-refractivity contribution in [1.82, 2.24) is 24.6 Å². The van der Waals surface area contributed by atoms with Crippen LogP contribution in [0.25, 0.3) is 10.9 Å². The van der Waals surface area contributed by atoms with Gasteiger partial charge in [-0.25, -0.2) is 4.98 Å². The number of aromatic nitrogens is 4. The Morgan fingerprint density at radius 1 is 1.29 bits per heavy atom. The van der Waals surface area contributed by atoms with Gasteiger partial charge in [0, 0.05) is 37.8 Å². The number of rotatable bonds is 5. The lowest BCUT2D eigenvalue weighted by Gasteiger charge is -2.15. The van der Waals surface area contributed by atoms with E-state index in [1.807, 2.05) is 37.2 Å². The second-order valence-electron chi connectivity index (χ2n) is 5.20. The SMILES string of the molecule is CCn1ccnc1CC(NC)c1nn(C)c2ccccc12. The van der Waals surface area contributed by atoms with Crippen molar-refractivity contribution >= 4 is 10.9 Å². The van der Waals surface area contributed by atoms with Gasteiger partial charge in [0.15, 0.2) is 0 Å². The number of aryl methyl sites for hydroxylation is 2. The fourth-order valence-electron chi connectivity index (χ4n) is 2.84. The van der Waals surface area contributed by atoms with Crippen LogP contribution in [0.1, 0.15) is 24.5 Å². The molecule has 0 bridgehead atoms. The molecule has 5 nitrogen and oxygen atoms in total. The minimum Gasteiger partial charge on any atom is -0.335 e. The Hall–Kier alpha value is -2.14. The predicted molar refractivity (Wildman–Crippen MR) is 84.1 cm³/mol. The molecule has 5 heteroatoms. The average Bonchev–Trinajstić information content (AvgIpc) is 3.10. The molecular formula is C16H21N5. The van der Waals surface area contributed by atoms with Crippen LogP contribution < -0.4 is 5.32 Å². The third-order valence-electron chi connectivity index (χ3n) is 3.99. The molecule has 0 spiro atoms. The predicted octanol–water partition coefficient (Wildman–Crippen LogP) is 2.29. The highest BCUT2D eigenvalue weighted by molar-refractivity contribution is 5.82. The molecular weight excluding hydrogens is 262 g/mol. The number of hydrogen-bond acceptors (Lipinski definition) is 3. The zero-order valence-electron chi connectivity index (χ0n) is 12.7.